The predicted octanol–water partition coefficient (Wildman–Crippen LogP) is 2.85. The molecule has 20 heavy (non-hydrogen) atoms. The molecule has 0 amide bonds. The summed E-state index contributed by atoms with van der Waals surface area (Å²) in [6.07, 6.45) is 4.37. The van der Waals surface area contributed by atoms with Crippen LogP contribution in [-0.2, 0) is 0 Å². The monoisotopic (exact) mass is 294 g/mol. The molecule has 0 N–H and O–H groups in total. The quantitative estimate of drug-likeness (QED) is 0.590. The molecule has 1 fully saturated rings. The first-order valence-corrected chi connectivity index (χ1v) is 11.5. The summed E-state index contributed by atoms with van der Waals surface area (Å²) in [6.45, 7) is 0. The van der Waals surface area contributed by atoms with Gasteiger partial charge in [0, 0.05) is 14.3 Å². The molecule has 1 aliphatic rings. The fourth-order valence-corrected chi connectivity index (χ4v) is 11.6. The Hall–Kier alpha value is -0.570. The average Bonchev–Trinajstić information content (AvgIpc) is 2.52. The second kappa shape index (κ2) is 5.67. The van der Waals surface area contributed by atoms with E-state index >= 15 is 0 Å². The van der Waals surface area contributed by atoms with Gasteiger partial charge in [-0.25, -0.2) is 0 Å². The van der Waals surface area contributed by atoms with E-state index in [1.54, 1.807) is 0 Å². The van der Waals surface area contributed by atoms with Crippen LogP contribution in [0.1, 0.15) is 0 Å². The summed E-state index contributed by atoms with van der Waals surface area (Å²) < 4.78 is 0. The van der Waals surface area contributed by atoms with E-state index in [9.17, 15) is 0 Å². The van der Waals surface area contributed by atoms with Gasteiger partial charge in [-0.1, -0.05) is 36.4 Å². The number of rotatable bonds is 2. The molecule has 0 saturated carbocycles. The molecule has 0 aliphatic carbocycles. The van der Waals surface area contributed by atoms with Gasteiger partial charge in [-0.15, -0.1) is 0 Å². The molecule has 1 aliphatic heterocycles. The molecule has 4 radical (unpaired) electrons. The highest BCUT2D eigenvalue weighted by Gasteiger charge is 2.48. The molecule has 2 aromatic rings. The third kappa shape index (κ3) is 2.74. The van der Waals surface area contributed by atoms with Gasteiger partial charge in [-0.05, 0) is 24.3 Å². The van der Waals surface area contributed by atoms with Gasteiger partial charge in [0.1, 0.15) is 0 Å². The summed E-state index contributed by atoms with van der Waals surface area (Å²) in [5.74, 6) is 0. The van der Waals surface area contributed by atoms with Crippen molar-refractivity contribution in [1.29, 1.82) is 0 Å². The molecule has 4 heteroatoms. The van der Waals surface area contributed by atoms with Gasteiger partial charge in [-0.3, -0.25) is 0 Å². The minimum atomic E-state index is -1.47. The molecule has 0 aromatic heterocycles. The maximum absolute atomic E-state index is 6.75. The Morgan fingerprint density at radius 3 is 1.15 bits per heavy atom. The van der Waals surface area contributed by atoms with Gasteiger partial charge in [0.25, 0.3) is 0 Å². The van der Waals surface area contributed by atoms with Crippen molar-refractivity contribution in [3.05, 3.63) is 60.7 Å². The van der Waals surface area contributed by atoms with Crippen molar-refractivity contribution in [2.45, 2.75) is 0 Å². The Morgan fingerprint density at radius 1 is 0.550 bits per heavy atom. The van der Waals surface area contributed by atoms with Gasteiger partial charge in [0.15, 0.2) is 0 Å². The molecule has 0 unspecified atom stereocenters. The van der Waals surface area contributed by atoms with Gasteiger partial charge in [-0.2, -0.15) is 0 Å². The van der Waals surface area contributed by atoms with Crippen LogP contribution in [0.15, 0.2) is 60.7 Å². The maximum Gasteiger partial charge on any atom is 0.371 e. The fourth-order valence-electron chi connectivity index (χ4n) is 2.90. The Balaban J connectivity index is 1.80. The van der Waals surface area contributed by atoms with Crippen molar-refractivity contribution in [3.8, 4) is 0 Å². The third-order valence-corrected chi connectivity index (χ3v) is 11.8. The zero-order valence-corrected chi connectivity index (χ0v) is 13.4. The zero-order valence-electron chi connectivity index (χ0n) is 11.7. The molecule has 3 rings (SSSR count). The second-order valence-electron chi connectivity index (χ2n) is 5.63. The molecule has 1 heterocycles. The normalized spacial score (nSPS) is 30.0. The lowest BCUT2D eigenvalue weighted by Crippen LogP contribution is -2.32. The van der Waals surface area contributed by atoms with Crippen LogP contribution < -0.4 is 10.6 Å². The van der Waals surface area contributed by atoms with Crippen LogP contribution in [-0.4, -0.2) is 39.8 Å². The molecule has 96 valence electrons. The predicted molar refractivity (Wildman–Crippen MR) is 97.0 cm³/mol. The lowest BCUT2D eigenvalue weighted by atomic mass is 10.4. The summed E-state index contributed by atoms with van der Waals surface area (Å²) in [4.78, 5) is 0. The highest BCUT2D eigenvalue weighted by Crippen LogP contribution is 2.66. The topological polar surface area (TPSA) is 0 Å². The first kappa shape index (κ1) is 14.4. The van der Waals surface area contributed by atoms with Crippen LogP contribution in [0.4, 0.5) is 0 Å². The maximum atomic E-state index is 6.75. The van der Waals surface area contributed by atoms with E-state index in [4.69, 9.17) is 15.1 Å². The zero-order chi connectivity index (χ0) is 14.1. The van der Waals surface area contributed by atoms with Gasteiger partial charge in [0.2, 0.25) is 0 Å². The van der Waals surface area contributed by atoms with E-state index < -0.39 is 14.3 Å². The summed E-state index contributed by atoms with van der Waals surface area (Å²) in [5, 5.41) is 2.72. The van der Waals surface area contributed by atoms with E-state index in [0.717, 1.165) is 24.6 Å². The van der Waals surface area contributed by atoms with Crippen LogP contribution in [0.2, 0.25) is 0 Å². The van der Waals surface area contributed by atoms with Crippen LogP contribution >= 0.6 is 14.3 Å². The van der Waals surface area contributed by atoms with Crippen LogP contribution in [0.3, 0.4) is 0 Å². The molecular formula is C16H18B2P2+2. The Kier molecular flexibility index (Phi) is 4.07. The number of hydrogen-bond acceptors (Lipinski definition) is 0. The van der Waals surface area contributed by atoms with Crippen molar-refractivity contribution in [1.82, 2.24) is 0 Å². The van der Waals surface area contributed by atoms with E-state index in [-0.39, 0.29) is 0 Å². The van der Waals surface area contributed by atoms with Crippen LogP contribution in [0.25, 0.3) is 0 Å². The minimum absolute atomic E-state index is 1.09. The lowest BCUT2D eigenvalue weighted by molar-refractivity contribution is 1.34. The van der Waals surface area contributed by atoms with Crippen LogP contribution in [0.5, 0.6) is 0 Å². The smallest absolute Gasteiger partial charge is 0.0620 e. The highest BCUT2D eigenvalue weighted by atomic mass is 31.2. The summed E-state index contributed by atoms with van der Waals surface area (Å²) in [6, 6.07) is 21.3. The second-order valence-corrected chi connectivity index (χ2v) is 12.6. The Labute approximate surface area is 125 Å². The third-order valence-electron chi connectivity index (χ3n) is 4.34. The first-order chi connectivity index (χ1) is 9.62. The molecule has 0 nitrogen and oxygen atoms in total. The number of hydrogen-bond donors (Lipinski definition) is 0. The van der Waals surface area contributed by atoms with E-state index in [1.165, 1.54) is 10.6 Å². The minimum Gasteiger partial charge on any atom is -0.0620 e. The molecule has 0 spiro atoms. The Bertz CT molecular complexity index is 510. The van der Waals surface area contributed by atoms with Gasteiger partial charge < -0.3 is 0 Å². The summed E-state index contributed by atoms with van der Waals surface area (Å²) in [5.41, 5.74) is 0. The first-order valence-electron chi connectivity index (χ1n) is 7.05. The van der Waals surface area contributed by atoms with Gasteiger partial charge in [0.05, 0.1) is 35.3 Å². The van der Waals surface area contributed by atoms with E-state index in [2.05, 4.69) is 60.7 Å². The summed E-state index contributed by atoms with van der Waals surface area (Å²) in [7, 11) is 10.6. The van der Waals surface area contributed by atoms with Crippen molar-refractivity contribution < 1.29 is 0 Å². The van der Waals surface area contributed by atoms with E-state index in [1.807, 2.05) is 0 Å². The highest BCUT2D eigenvalue weighted by molar-refractivity contribution is 8.08. The molecule has 0 atom stereocenters. The molecular weight excluding hydrogens is 276 g/mol. The summed E-state index contributed by atoms with van der Waals surface area (Å²) >= 11 is 0. The molecule has 2 aromatic carbocycles. The Morgan fingerprint density at radius 2 is 0.850 bits per heavy atom. The van der Waals surface area contributed by atoms with Crippen molar-refractivity contribution in [2.75, 3.05) is 24.6 Å². The van der Waals surface area contributed by atoms with Crippen molar-refractivity contribution >= 4 is 40.0 Å². The fraction of sp³-hybridized carbons (Fsp3) is 0.250. The molecule has 1 saturated heterocycles. The van der Waals surface area contributed by atoms with E-state index in [0.29, 0.717) is 0 Å². The standard InChI is InChI=1S/C16H18B2P2/c17-19(15-7-3-1-4-8-15)11-13-20(18,14-12-19)16-9-5-2-6-10-16/h1-10H,11-14H2/q+2. The SMILES string of the molecule is [B][P+]1(c2ccccc2)CC[P+]([B])(c2ccccc2)CC1. The average molecular weight is 294 g/mol. The number of benzene rings is 2. The lowest BCUT2D eigenvalue weighted by Gasteiger charge is -2.34. The largest absolute Gasteiger partial charge is 0.371 e. The van der Waals surface area contributed by atoms with Gasteiger partial charge >= 0.3 is 15.1 Å². The molecule has 0 bridgehead atoms. The van der Waals surface area contributed by atoms with Crippen LogP contribution in [0, 0.1) is 0 Å². The van der Waals surface area contributed by atoms with Crippen molar-refractivity contribution in [3.63, 3.8) is 0 Å². The van der Waals surface area contributed by atoms with Crippen molar-refractivity contribution in [2.24, 2.45) is 0 Å².